The first-order valence-electron chi connectivity index (χ1n) is 3.83. The molecule has 0 aromatic heterocycles. The summed E-state index contributed by atoms with van der Waals surface area (Å²) in [6.07, 6.45) is 1.06. The van der Waals surface area contributed by atoms with Crippen molar-refractivity contribution in [2.24, 2.45) is 11.5 Å². The van der Waals surface area contributed by atoms with Crippen LogP contribution in [0.2, 0.25) is 0 Å². The maximum atomic E-state index is 10.4. The average molecular weight is 210 g/mol. The molecule has 78 valence electrons. The van der Waals surface area contributed by atoms with Gasteiger partial charge in [-0.1, -0.05) is 6.42 Å². The molecular weight excluding hydrogens is 196 g/mol. The van der Waals surface area contributed by atoms with E-state index in [0.717, 1.165) is 0 Å². The Morgan fingerprint density at radius 1 is 1.38 bits per heavy atom. The lowest BCUT2D eigenvalue weighted by Crippen LogP contribution is -2.36. The van der Waals surface area contributed by atoms with Gasteiger partial charge in [0.1, 0.15) is 0 Å². The number of unbranched alkanes of at least 4 members (excludes halogenated alkanes) is 1. The van der Waals surface area contributed by atoms with Gasteiger partial charge in [0, 0.05) is 0 Å². The molecule has 0 aliphatic heterocycles. The highest BCUT2D eigenvalue weighted by molar-refractivity contribution is 7.85. The van der Waals surface area contributed by atoms with Crippen LogP contribution in [-0.2, 0) is 14.9 Å². The summed E-state index contributed by atoms with van der Waals surface area (Å²) in [5.41, 5.74) is 10.2. The van der Waals surface area contributed by atoms with Crippen molar-refractivity contribution in [3.05, 3.63) is 0 Å². The largest absolute Gasteiger partial charge is 0.368 e. The van der Waals surface area contributed by atoms with Crippen LogP contribution < -0.4 is 11.5 Å². The van der Waals surface area contributed by atoms with Crippen LogP contribution in [-0.4, -0.2) is 30.7 Å². The van der Waals surface area contributed by atoms with Crippen LogP contribution in [0.15, 0.2) is 0 Å². The van der Waals surface area contributed by atoms with Gasteiger partial charge in [-0.3, -0.25) is 9.35 Å². The number of hydrogen-bond donors (Lipinski definition) is 3. The van der Waals surface area contributed by atoms with Gasteiger partial charge in [-0.05, 0) is 12.8 Å². The Bertz CT molecular complexity index is 262. The minimum absolute atomic E-state index is 0.278. The molecule has 0 aromatic carbocycles. The number of amides is 1. The van der Waals surface area contributed by atoms with E-state index in [1.165, 1.54) is 0 Å². The Hall–Kier alpha value is -0.660. The van der Waals surface area contributed by atoms with Crippen LogP contribution in [0.1, 0.15) is 19.3 Å². The van der Waals surface area contributed by atoms with Crippen molar-refractivity contribution in [3.8, 4) is 0 Å². The first kappa shape index (κ1) is 12.3. The Kier molecular flexibility index (Phi) is 4.89. The Labute approximate surface area is 77.0 Å². The molecule has 1 atom stereocenters. The zero-order valence-corrected chi connectivity index (χ0v) is 7.96. The van der Waals surface area contributed by atoms with Crippen LogP contribution in [0.4, 0.5) is 0 Å². The Balaban J connectivity index is 3.53. The summed E-state index contributed by atoms with van der Waals surface area (Å²) < 4.78 is 28.8. The highest BCUT2D eigenvalue weighted by Gasteiger charge is 2.09. The number of nitrogens with two attached hydrogens (primary N) is 2. The molecule has 0 rings (SSSR count). The molecule has 0 aliphatic rings. The van der Waals surface area contributed by atoms with Gasteiger partial charge in [0.2, 0.25) is 5.91 Å². The van der Waals surface area contributed by atoms with Gasteiger partial charge >= 0.3 is 0 Å². The average Bonchev–Trinajstić information content (AvgIpc) is 1.95. The normalized spacial score (nSPS) is 14.0. The third kappa shape index (κ3) is 7.69. The molecule has 0 fully saturated rings. The molecule has 6 nitrogen and oxygen atoms in total. The van der Waals surface area contributed by atoms with Gasteiger partial charge in [0.15, 0.2) is 0 Å². The molecule has 13 heavy (non-hydrogen) atoms. The van der Waals surface area contributed by atoms with E-state index in [-0.39, 0.29) is 12.2 Å². The van der Waals surface area contributed by atoms with E-state index in [2.05, 4.69) is 0 Å². The van der Waals surface area contributed by atoms with Gasteiger partial charge in [-0.15, -0.1) is 0 Å². The van der Waals surface area contributed by atoms with E-state index >= 15 is 0 Å². The van der Waals surface area contributed by atoms with Crippen LogP contribution in [0.5, 0.6) is 0 Å². The van der Waals surface area contributed by atoms with Crippen molar-refractivity contribution < 1.29 is 17.8 Å². The molecule has 0 saturated carbocycles. The third-order valence-electron chi connectivity index (χ3n) is 1.53. The van der Waals surface area contributed by atoms with E-state index in [4.69, 9.17) is 16.0 Å². The lowest BCUT2D eigenvalue weighted by Gasteiger charge is -2.05. The van der Waals surface area contributed by atoms with E-state index in [1.807, 2.05) is 0 Å². The SMILES string of the molecule is NC(=O)C(N)CCCCS(=O)(=O)O. The van der Waals surface area contributed by atoms with Gasteiger partial charge in [-0.25, -0.2) is 0 Å². The second-order valence-electron chi connectivity index (χ2n) is 2.79. The fraction of sp³-hybridized carbons (Fsp3) is 0.833. The van der Waals surface area contributed by atoms with Gasteiger partial charge in [0.05, 0.1) is 11.8 Å². The highest BCUT2D eigenvalue weighted by atomic mass is 32.2. The summed E-state index contributed by atoms with van der Waals surface area (Å²) in [7, 11) is -3.90. The lowest BCUT2D eigenvalue weighted by molar-refractivity contribution is -0.119. The first-order chi connectivity index (χ1) is 5.83. The minimum atomic E-state index is -3.90. The van der Waals surface area contributed by atoms with Crippen molar-refractivity contribution in [3.63, 3.8) is 0 Å². The summed E-state index contributed by atoms with van der Waals surface area (Å²) in [4.78, 5) is 10.4. The number of carbonyl (C=O) groups is 1. The van der Waals surface area contributed by atoms with Gasteiger partial charge in [-0.2, -0.15) is 8.42 Å². The molecule has 7 heteroatoms. The topological polar surface area (TPSA) is 123 Å². The molecule has 0 radical (unpaired) electrons. The number of rotatable bonds is 6. The molecule has 0 saturated heterocycles. The monoisotopic (exact) mass is 210 g/mol. The number of primary amides is 1. The van der Waals surface area contributed by atoms with Crippen molar-refractivity contribution in [2.75, 3.05) is 5.75 Å². The molecule has 1 amide bonds. The molecule has 0 heterocycles. The van der Waals surface area contributed by atoms with Gasteiger partial charge < -0.3 is 11.5 Å². The summed E-state index contributed by atoms with van der Waals surface area (Å²) >= 11 is 0. The summed E-state index contributed by atoms with van der Waals surface area (Å²) in [6.45, 7) is 0. The smallest absolute Gasteiger partial charge is 0.264 e. The molecular formula is C6H14N2O4S. The first-order valence-corrected chi connectivity index (χ1v) is 5.44. The maximum Gasteiger partial charge on any atom is 0.264 e. The number of hydrogen-bond acceptors (Lipinski definition) is 4. The fourth-order valence-corrected chi connectivity index (χ4v) is 1.36. The molecule has 5 N–H and O–H groups in total. The molecule has 0 aliphatic carbocycles. The predicted octanol–water partition coefficient (Wildman–Crippen LogP) is -1.14. The van der Waals surface area contributed by atoms with Crippen molar-refractivity contribution in [2.45, 2.75) is 25.3 Å². The number of carbonyl (C=O) groups excluding carboxylic acids is 1. The lowest BCUT2D eigenvalue weighted by atomic mass is 10.1. The fourth-order valence-electron chi connectivity index (χ4n) is 0.791. The Morgan fingerprint density at radius 3 is 2.31 bits per heavy atom. The van der Waals surface area contributed by atoms with Crippen molar-refractivity contribution in [1.29, 1.82) is 0 Å². The second kappa shape index (κ2) is 5.15. The quantitative estimate of drug-likeness (QED) is 0.377. The van der Waals surface area contributed by atoms with E-state index in [0.29, 0.717) is 12.8 Å². The van der Waals surface area contributed by atoms with Gasteiger partial charge in [0.25, 0.3) is 10.1 Å². The molecule has 1 unspecified atom stereocenters. The zero-order chi connectivity index (χ0) is 10.5. The summed E-state index contributed by atoms with van der Waals surface area (Å²) in [5, 5.41) is 0. The van der Waals surface area contributed by atoms with Crippen molar-refractivity contribution >= 4 is 16.0 Å². The standard InChI is InChI=1S/C6H14N2O4S/c7-5(6(8)9)3-1-2-4-13(10,11)12/h5H,1-4,7H2,(H2,8,9)(H,10,11,12). The van der Waals surface area contributed by atoms with E-state index in [1.54, 1.807) is 0 Å². The third-order valence-corrected chi connectivity index (χ3v) is 2.34. The van der Waals surface area contributed by atoms with E-state index < -0.39 is 22.1 Å². The molecule has 0 bridgehead atoms. The Morgan fingerprint density at radius 2 is 1.92 bits per heavy atom. The minimum Gasteiger partial charge on any atom is -0.368 e. The molecule has 0 spiro atoms. The van der Waals surface area contributed by atoms with Crippen LogP contribution in [0.25, 0.3) is 0 Å². The van der Waals surface area contributed by atoms with Crippen molar-refractivity contribution in [1.82, 2.24) is 0 Å². The molecule has 0 aromatic rings. The summed E-state index contributed by atoms with van der Waals surface area (Å²) in [6, 6.07) is -0.735. The zero-order valence-electron chi connectivity index (χ0n) is 7.14. The van der Waals surface area contributed by atoms with E-state index in [9.17, 15) is 13.2 Å². The highest BCUT2D eigenvalue weighted by Crippen LogP contribution is 2.00. The maximum absolute atomic E-state index is 10.4. The van der Waals surface area contributed by atoms with Crippen LogP contribution in [0, 0.1) is 0 Å². The summed E-state index contributed by atoms with van der Waals surface area (Å²) in [5.74, 6) is -0.912. The predicted molar refractivity (Wildman–Crippen MR) is 47.4 cm³/mol. The van der Waals surface area contributed by atoms with Crippen LogP contribution in [0.3, 0.4) is 0 Å². The van der Waals surface area contributed by atoms with Crippen LogP contribution >= 0.6 is 0 Å². The second-order valence-corrected chi connectivity index (χ2v) is 4.36.